The molecule has 0 spiro atoms. The summed E-state index contributed by atoms with van der Waals surface area (Å²) in [6.07, 6.45) is 2.93. The largest absolute Gasteiger partial charge is 0.321 e. The summed E-state index contributed by atoms with van der Waals surface area (Å²) in [4.78, 5) is 11.5. The number of anilines is 1. The molecule has 0 unspecified atom stereocenters. The summed E-state index contributed by atoms with van der Waals surface area (Å²) in [5.74, 6) is -0.338. The van der Waals surface area contributed by atoms with E-state index < -0.39 is 9.84 Å². The van der Waals surface area contributed by atoms with Crippen LogP contribution in [-0.4, -0.2) is 20.1 Å². The average Bonchev–Trinajstić information content (AvgIpc) is 2.30. The number of allylic oxidation sites excluding steroid dienone is 1. The molecule has 1 aromatic rings. The van der Waals surface area contributed by atoms with Gasteiger partial charge in [-0.25, -0.2) is 8.42 Å². The normalized spacial score (nSPS) is 11.6. The molecule has 0 atom stereocenters. The molecule has 1 N–H and O–H groups in total. The molecule has 0 fully saturated rings. The molecule has 0 bridgehead atoms. The second-order valence-electron chi connectivity index (χ2n) is 3.39. The third kappa shape index (κ3) is 3.42. The standard InChI is InChI=1S/C12H15NO3S/c1-3-7-12(14)13-10-8-5-6-9-11(10)17(15,16)4-2/h3,5-9H,4H2,1-2H3,(H,13,14). The van der Waals surface area contributed by atoms with E-state index in [2.05, 4.69) is 5.32 Å². The van der Waals surface area contributed by atoms with Crippen molar-refractivity contribution in [2.45, 2.75) is 18.7 Å². The fourth-order valence-electron chi connectivity index (χ4n) is 1.32. The Kier molecular flexibility index (Phi) is 4.45. The Morgan fingerprint density at radius 1 is 1.35 bits per heavy atom. The van der Waals surface area contributed by atoms with Crippen LogP contribution in [-0.2, 0) is 14.6 Å². The van der Waals surface area contributed by atoms with Crippen molar-refractivity contribution >= 4 is 21.4 Å². The maximum absolute atomic E-state index is 11.8. The zero-order chi connectivity index (χ0) is 12.9. The van der Waals surface area contributed by atoms with Crippen LogP contribution in [0.25, 0.3) is 0 Å². The van der Waals surface area contributed by atoms with Crippen LogP contribution in [0, 0.1) is 0 Å². The van der Waals surface area contributed by atoms with Crippen LogP contribution in [0.1, 0.15) is 13.8 Å². The molecule has 17 heavy (non-hydrogen) atoms. The average molecular weight is 253 g/mol. The summed E-state index contributed by atoms with van der Waals surface area (Å²) in [7, 11) is -3.33. The monoisotopic (exact) mass is 253 g/mol. The summed E-state index contributed by atoms with van der Waals surface area (Å²) in [6.45, 7) is 3.29. The lowest BCUT2D eigenvalue weighted by atomic mass is 10.3. The number of para-hydroxylation sites is 1. The van der Waals surface area contributed by atoms with Crippen LogP contribution < -0.4 is 5.32 Å². The third-order valence-corrected chi connectivity index (χ3v) is 3.96. The van der Waals surface area contributed by atoms with Gasteiger partial charge in [-0.1, -0.05) is 25.1 Å². The van der Waals surface area contributed by atoms with Crippen molar-refractivity contribution in [3.05, 3.63) is 36.4 Å². The van der Waals surface area contributed by atoms with Crippen LogP contribution in [0.2, 0.25) is 0 Å². The summed E-state index contributed by atoms with van der Waals surface area (Å²) >= 11 is 0. The van der Waals surface area contributed by atoms with Gasteiger partial charge < -0.3 is 5.32 Å². The Morgan fingerprint density at radius 3 is 2.59 bits per heavy atom. The highest BCUT2D eigenvalue weighted by Crippen LogP contribution is 2.21. The molecule has 92 valence electrons. The summed E-state index contributed by atoms with van der Waals surface area (Å²) in [5, 5.41) is 2.55. The molecule has 0 saturated heterocycles. The van der Waals surface area contributed by atoms with Gasteiger partial charge in [0, 0.05) is 0 Å². The first kappa shape index (κ1) is 13.4. The van der Waals surface area contributed by atoms with Crippen LogP contribution in [0.5, 0.6) is 0 Å². The molecule has 0 aliphatic rings. The van der Waals surface area contributed by atoms with Crippen LogP contribution >= 0.6 is 0 Å². The Morgan fingerprint density at radius 2 is 2.00 bits per heavy atom. The van der Waals surface area contributed by atoms with Gasteiger partial charge in [-0.05, 0) is 25.1 Å². The minimum Gasteiger partial charge on any atom is -0.321 e. The van der Waals surface area contributed by atoms with Gasteiger partial charge in [-0.2, -0.15) is 0 Å². The molecule has 0 heterocycles. The van der Waals surface area contributed by atoms with E-state index in [1.807, 2.05) is 0 Å². The summed E-state index contributed by atoms with van der Waals surface area (Å²) in [5.41, 5.74) is 0.317. The Hall–Kier alpha value is -1.62. The van der Waals surface area contributed by atoms with Crippen molar-refractivity contribution in [3.8, 4) is 0 Å². The van der Waals surface area contributed by atoms with Crippen molar-refractivity contribution in [2.24, 2.45) is 0 Å². The summed E-state index contributed by atoms with van der Waals surface area (Å²) < 4.78 is 23.6. The van der Waals surface area contributed by atoms with Crippen molar-refractivity contribution in [2.75, 3.05) is 11.1 Å². The first-order valence-electron chi connectivity index (χ1n) is 5.26. The number of carbonyl (C=O) groups excluding carboxylic acids is 1. The van der Waals surface area contributed by atoms with Crippen molar-refractivity contribution < 1.29 is 13.2 Å². The molecule has 4 nitrogen and oxygen atoms in total. The van der Waals surface area contributed by atoms with E-state index in [1.54, 1.807) is 38.1 Å². The van der Waals surface area contributed by atoms with Gasteiger partial charge in [0.2, 0.25) is 5.91 Å². The first-order chi connectivity index (χ1) is 8.01. The topological polar surface area (TPSA) is 63.2 Å². The SMILES string of the molecule is CC=CC(=O)Nc1ccccc1S(=O)(=O)CC. The molecule has 0 radical (unpaired) electrons. The Labute approximate surface area is 101 Å². The minimum absolute atomic E-state index is 0.00347. The molecule has 1 aromatic carbocycles. The fourth-order valence-corrected chi connectivity index (χ4v) is 2.37. The van der Waals surface area contributed by atoms with E-state index in [9.17, 15) is 13.2 Å². The number of hydrogen-bond acceptors (Lipinski definition) is 3. The van der Waals surface area contributed by atoms with Crippen LogP contribution in [0.3, 0.4) is 0 Å². The van der Waals surface area contributed by atoms with Gasteiger partial charge in [-0.15, -0.1) is 0 Å². The molecular formula is C12H15NO3S. The highest BCUT2D eigenvalue weighted by molar-refractivity contribution is 7.91. The quantitative estimate of drug-likeness (QED) is 0.835. The second-order valence-corrected chi connectivity index (χ2v) is 5.64. The zero-order valence-electron chi connectivity index (χ0n) is 9.80. The molecule has 5 heteroatoms. The first-order valence-corrected chi connectivity index (χ1v) is 6.92. The van der Waals surface area contributed by atoms with E-state index in [1.165, 1.54) is 12.1 Å². The second kappa shape index (κ2) is 5.63. The molecule has 1 amide bonds. The number of carbonyl (C=O) groups is 1. The highest BCUT2D eigenvalue weighted by Gasteiger charge is 2.16. The highest BCUT2D eigenvalue weighted by atomic mass is 32.2. The lowest BCUT2D eigenvalue weighted by Gasteiger charge is -2.09. The lowest BCUT2D eigenvalue weighted by Crippen LogP contribution is -2.13. The van der Waals surface area contributed by atoms with Crippen molar-refractivity contribution in [3.63, 3.8) is 0 Å². The minimum atomic E-state index is -3.33. The molecule has 0 aliphatic carbocycles. The van der Waals surface area contributed by atoms with Gasteiger partial charge >= 0.3 is 0 Å². The smallest absolute Gasteiger partial charge is 0.248 e. The van der Waals surface area contributed by atoms with Gasteiger partial charge in [-0.3, -0.25) is 4.79 Å². The predicted molar refractivity (Wildman–Crippen MR) is 67.6 cm³/mol. The Balaban J connectivity index is 3.14. The third-order valence-electron chi connectivity index (χ3n) is 2.18. The maximum atomic E-state index is 11.8. The van der Waals surface area contributed by atoms with Crippen LogP contribution in [0.4, 0.5) is 5.69 Å². The van der Waals surface area contributed by atoms with Crippen molar-refractivity contribution in [1.29, 1.82) is 0 Å². The van der Waals surface area contributed by atoms with Gasteiger partial charge in [0.25, 0.3) is 0 Å². The van der Waals surface area contributed by atoms with Gasteiger partial charge in [0.1, 0.15) is 0 Å². The number of rotatable bonds is 4. The molecular weight excluding hydrogens is 238 g/mol. The molecule has 1 rings (SSSR count). The van der Waals surface area contributed by atoms with E-state index in [4.69, 9.17) is 0 Å². The lowest BCUT2D eigenvalue weighted by molar-refractivity contribution is -0.111. The van der Waals surface area contributed by atoms with Crippen LogP contribution in [0.15, 0.2) is 41.3 Å². The molecule has 0 saturated carbocycles. The number of amides is 1. The van der Waals surface area contributed by atoms with Gasteiger partial charge in [0.05, 0.1) is 16.3 Å². The fraction of sp³-hybridized carbons (Fsp3) is 0.250. The van der Waals surface area contributed by atoms with Crippen molar-refractivity contribution in [1.82, 2.24) is 0 Å². The number of nitrogens with one attached hydrogen (secondary N) is 1. The molecule has 0 aromatic heterocycles. The van der Waals surface area contributed by atoms with Gasteiger partial charge in [0.15, 0.2) is 9.84 Å². The Bertz CT molecular complexity index is 532. The predicted octanol–water partition coefficient (Wildman–Crippen LogP) is 1.99. The summed E-state index contributed by atoms with van der Waals surface area (Å²) in [6, 6.07) is 6.38. The van der Waals surface area contributed by atoms with E-state index in [0.717, 1.165) is 0 Å². The van der Waals surface area contributed by atoms with E-state index in [-0.39, 0.29) is 16.6 Å². The number of hydrogen-bond donors (Lipinski definition) is 1. The number of sulfone groups is 1. The van der Waals surface area contributed by atoms with E-state index >= 15 is 0 Å². The number of benzene rings is 1. The van der Waals surface area contributed by atoms with E-state index in [0.29, 0.717) is 5.69 Å². The maximum Gasteiger partial charge on any atom is 0.248 e. The zero-order valence-corrected chi connectivity index (χ0v) is 10.6. The molecule has 0 aliphatic heterocycles.